The molecule has 0 amide bonds. The van der Waals surface area contributed by atoms with Crippen molar-refractivity contribution < 1.29 is 8.42 Å². The summed E-state index contributed by atoms with van der Waals surface area (Å²) in [6.07, 6.45) is 0. The molecule has 2 rings (SSSR count). The average molecular weight is 283 g/mol. The maximum absolute atomic E-state index is 12.5. The van der Waals surface area contributed by atoms with Gasteiger partial charge in [-0.25, -0.2) is 0 Å². The Kier molecular flexibility index (Phi) is 4.57. The molecule has 1 unspecified atom stereocenters. The molecule has 6 heteroatoms. The minimum Gasteiger partial charge on any atom is -0.314 e. The summed E-state index contributed by atoms with van der Waals surface area (Å²) in [5, 5.41) is 3.20. The van der Waals surface area contributed by atoms with E-state index in [0.717, 1.165) is 5.56 Å². The van der Waals surface area contributed by atoms with E-state index in [1.807, 2.05) is 37.3 Å². The molecule has 1 atom stereocenters. The van der Waals surface area contributed by atoms with Crippen LogP contribution in [0.15, 0.2) is 30.3 Å². The zero-order valence-corrected chi connectivity index (χ0v) is 12.2. The van der Waals surface area contributed by atoms with Crippen LogP contribution in [0, 0.1) is 0 Å². The van der Waals surface area contributed by atoms with Crippen LogP contribution in [0.2, 0.25) is 0 Å². The molecule has 1 saturated heterocycles. The zero-order chi connectivity index (χ0) is 13.9. The molecule has 1 fully saturated rings. The molecule has 1 aromatic carbocycles. The van der Waals surface area contributed by atoms with Crippen LogP contribution in [0.3, 0.4) is 0 Å². The summed E-state index contributed by atoms with van der Waals surface area (Å²) in [5.41, 5.74) is 0.997. The van der Waals surface area contributed by atoms with Crippen LogP contribution in [-0.2, 0) is 16.8 Å². The number of piperazine rings is 1. The number of hydrogen-bond donors (Lipinski definition) is 1. The van der Waals surface area contributed by atoms with Crippen LogP contribution in [0.5, 0.6) is 0 Å². The maximum Gasteiger partial charge on any atom is 0.282 e. The number of rotatable bonds is 4. The Morgan fingerprint density at radius 3 is 2.68 bits per heavy atom. The van der Waals surface area contributed by atoms with Gasteiger partial charge in [0.05, 0.1) is 0 Å². The Hall–Kier alpha value is -0.950. The number of nitrogens with zero attached hydrogens (tertiary/aromatic N) is 2. The second-order valence-electron chi connectivity index (χ2n) is 4.91. The standard InChI is InChI=1S/C13H21N3O2S/c1-12-10-14-8-9-16(12)19(17,18)15(2)11-13-6-4-3-5-7-13/h3-7,12,14H,8-11H2,1-2H3. The highest BCUT2D eigenvalue weighted by Gasteiger charge is 2.32. The number of benzene rings is 1. The summed E-state index contributed by atoms with van der Waals surface area (Å²) in [7, 11) is -1.75. The third kappa shape index (κ3) is 3.33. The molecule has 0 aliphatic carbocycles. The molecule has 1 aromatic rings. The maximum atomic E-state index is 12.5. The Morgan fingerprint density at radius 1 is 1.37 bits per heavy atom. The van der Waals surface area contributed by atoms with Gasteiger partial charge >= 0.3 is 0 Å². The van der Waals surface area contributed by atoms with Crippen molar-refractivity contribution in [2.75, 3.05) is 26.7 Å². The largest absolute Gasteiger partial charge is 0.314 e. The third-order valence-electron chi connectivity index (χ3n) is 3.38. The van der Waals surface area contributed by atoms with Gasteiger partial charge < -0.3 is 5.32 Å². The Bertz CT molecular complexity index is 504. The number of nitrogens with one attached hydrogen (secondary N) is 1. The molecule has 1 aliphatic heterocycles. The molecule has 1 heterocycles. The summed E-state index contributed by atoms with van der Waals surface area (Å²) in [4.78, 5) is 0. The highest BCUT2D eigenvalue weighted by atomic mass is 32.2. The van der Waals surface area contributed by atoms with E-state index < -0.39 is 10.2 Å². The Labute approximate surface area is 115 Å². The molecule has 5 nitrogen and oxygen atoms in total. The summed E-state index contributed by atoms with van der Waals surface area (Å²) in [6.45, 7) is 4.28. The third-order valence-corrected chi connectivity index (χ3v) is 5.43. The SMILES string of the molecule is CC1CNCCN1S(=O)(=O)N(C)Cc1ccccc1. The predicted molar refractivity (Wildman–Crippen MR) is 75.9 cm³/mol. The van der Waals surface area contributed by atoms with Gasteiger partial charge in [0.15, 0.2) is 0 Å². The van der Waals surface area contributed by atoms with E-state index in [1.165, 1.54) is 4.31 Å². The lowest BCUT2D eigenvalue weighted by atomic mass is 10.2. The lowest BCUT2D eigenvalue weighted by Gasteiger charge is -2.35. The van der Waals surface area contributed by atoms with Gasteiger partial charge in [-0.1, -0.05) is 30.3 Å². The first-order valence-corrected chi connectivity index (χ1v) is 7.89. The fourth-order valence-corrected chi connectivity index (χ4v) is 3.79. The van der Waals surface area contributed by atoms with Crippen LogP contribution in [0.4, 0.5) is 0 Å². The van der Waals surface area contributed by atoms with Gasteiger partial charge in [0, 0.05) is 39.3 Å². The van der Waals surface area contributed by atoms with E-state index >= 15 is 0 Å². The average Bonchev–Trinajstić information content (AvgIpc) is 2.40. The van der Waals surface area contributed by atoms with Crippen LogP contribution in [-0.4, -0.2) is 49.8 Å². The molecule has 0 saturated carbocycles. The fraction of sp³-hybridized carbons (Fsp3) is 0.538. The summed E-state index contributed by atoms with van der Waals surface area (Å²) >= 11 is 0. The highest BCUT2D eigenvalue weighted by molar-refractivity contribution is 7.86. The van der Waals surface area contributed by atoms with Crippen LogP contribution in [0.25, 0.3) is 0 Å². The Morgan fingerprint density at radius 2 is 2.05 bits per heavy atom. The van der Waals surface area contributed by atoms with Gasteiger partial charge in [0.1, 0.15) is 0 Å². The molecule has 1 aliphatic rings. The molecule has 0 aromatic heterocycles. The topological polar surface area (TPSA) is 52.7 Å². The second kappa shape index (κ2) is 6.00. The molecule has 106 valence electrons. The first-order valence-electron chi connectivity index (χ1n) is 6.49. The van der Waals surface area contributed by atoms with Crippen molar-refractivity contribution in [3.8, 4) is 0 Å². The van der Waals surface area contributed by atoms with Gasteiger partial charge in [-0.2, -0.15) is 17.0 Å². The van der Waals surface area contributed by atoms with Crippen molar-refractivity contribution in [1.82, 2.24) is 13.9 Å². The molecular weight excluding hydrogens is 262 g/mol. The summed E-state index contributed by atoms with van der Waals surface area (Å²) in [6, 6.07) is 9.64. The lowest BCUT2D eigenvalue weighted by Crippen LogP contribution is -2.55. The minimum absolute atomic E-state index is 0.00280. The fourth-order valence-electron chi connectivity index (χ4n) is 2.27. The number of hydrogen-bond acceptors (Lipinski definition) is 3. The first-order chi connectivity index (χ1) is 9.01. The van der Waals surface area contributed by atoms with E-state index in [-0.39, 0.29) is 6.04 Å². The molecule has 0 bridgehead atoms. The van der Waals surface area contributed by atoms with Gasteiger partial charge in [-0.3, -0.25) is 0 Å². The first kappa shape index (κ1) is 14.5. The van der Waals surface area contributed by atoms with Crippen molar-refractivity contribution in [2.45, 2.75) is 19.5 Å². The normalized spacial score (nSPS) is 21.7. The summed E-state index contributed by atoms with van der Waals surface area (Å²) in [5.74, 6) is 0. The Balaban J connectivity index is 2.10. The van der Waals surface area contributed by atoms with Crippen molar-refractivity contribution in [3.05, 3.63) is 35.9 Å². The molecule has 0 radical (unpaired) electrons. The lowest BCUT2D eigenvalue weighted by molar-refractivity contribution is 0.262. The second-order valence-corrected chi connectivity index (χ2v) is 6.90. The predicted octanol–water partition coefficient (Wildman–Crippen LogP) is 0.657. The van der Waals surface area contributed by atoms with Gasteiger partial charge in [-0.15, -0.1) is 0 Å². The molecule has 19 heavy (non-hydrogen) atoms. The van der Waals surface area contributed by atoms with Gasteiger partial charge in [0.25, 0.3) is 10.2 Å². The minimum atomic E-state index is -3.38. The van der Waals surface area contributed by atoms with E-state index in [2.05, 4.69) is 5.32 Å². The molecule has 1 N–H and O–H groups in total. The molecular formula is C13H21N3O2S. The van der Waals surface area contributed by atoms with Crippen molar-refractivity contribution in [1.29, 1.82) is 0 Å². The van der Waals surface area contributed by atoms with E-state index in [0.29, 0.717) is 26.2 Å². The summed E-state index contributed by atoms with van der Waals surface area (Å²) < 4.78 is 28.0. The van der Waals surface area contributed by atoms with E-state index in [4.69, 9.17) is 0 Å². The van der Waals surface area contributed by atoms with Crippen LogP contribution >= 0.6 is 0 Å². The monoisotopic (exact) mass is 283 g/mol. The van der Waals surface area contributed by atoms with Crippen molar-refractivity contribution in [2.24, 2.45) is 0 Å². The smallest absolute Gasteiger partial charge is 0.282 e. The van der Waals surface area contributed by atoms with E-state index in [9.17, 15) is 8.42 Å². The van der Waals surface area contributed by atoms with Crippen LogP contribution < -0.4 is 5.32 Å². The van der Waals surface area contributed by atoms with Gasteiger partial charge in [0.2, 0.25) is 0 Å². The zero-order valence-electron chi connectivity index (χ0n) is 11.4. The van der Waals surface area contributed by atoms with Crippen LogP contribution in [0.1, 0.15) is 12.5 Å². The van der Waals surface area contributed by atoms with Crippen molar-refractivity contribution >= 4 is 10.2 Å². The van der Waals surface area contributed by atoms with Crippen molar-refractivity contribution in [3.63, 3.8) is 0 Å². The highest BCUT2D eigenvalue weighted by Crippen LogP contribution is 2.15. The van der Waals surface area contributed by atoms with E-state index in [1.54, 1.807) is 11.4 Å². The quantitative estimate of drug-likeness (QED) is 0.883. The molecule has 0 spiro atoms. The van der Waals surface area contributed by atoms with Gasteiger partial charge in [-0.05, 0) is 12.5 Å².